The number of carbonyl (C=O) groups is 1. The van der Waals surface area contributed by atoms with Gasteiger partial charge in [-0.3, -0.25) is 14.7 Å². The highest BCUT2D eigenvalue weighted by Gasteiger charge is 2.29. The highest BCUT2D eigenvalue weighted by atomic mass is 16.5. The van der Waals surface area contributed by atoms with E-state index in [0.29, 0.717) is 18.5 Å². The van der Waals surface area contributed by atoms with Crippen LogP contribution < -0.4 is 10.5 Å². The second-order valence-electron chi connectivity index (χ2n) is 9.65. The molecule has 1 fully saturated rings. The fraction of sp³-hybridized carbons (Fsp3) is 0.414. The Hall–Kier alpha value is -3.45. The van der Waals surface area contributed by atoms with Gasteiger partial charge < -0.3 is 15.2 Å². The minimum Gasteiger partial charge on any atom is -0.480 e. The molecule has 7 nitrogen and oxygen atoms in total. The monoisotopic (exact) mass is 488 g/mol. The van der Waals surface area contributed by atoms with E-state index in [2.05, 4.69) is 37.1 Å². The van der Waals surface area contributed by atoms with Gasteiger partial charge in [0.15, 0.2) is 0 Å². The van der Waals surface area contributed by atoms with Gasteiger partial charge in [-0.2, -0.15) is 0 Å². The molecule has 7 heteroatoms. The lowest BCUT2D eigenvalue weighted by atomic mass is 9.85. The number of esters is 1. The van der Waals surface area contributed by atoms with E-state index in [1.165, 1.54) is 7.11 Å². The summed E-state index contributed by atoms with van der Waals surface area (Å²) in [4.78, 5) is 23.7. The smallest absolute Gasteiger partial charge is 0.308 e. The molecule has 1 aromatic heterocycles. The van der Waals surface area contributed by atoms with Crippen LogP contribution in [0.1, 0.15) is 42.5 Å². The van der Waals surface area contributed by atoms with E-state index >= 15 is 0 Å². The molecular weight excluding hydrogens is 452 g/mol. The fourth-order valence-electron chi connectivity index (χ4n) is 5.23. The Morgan fingerprint density at radius 3 is 2.31 bits per heavy atom. The van der Waals surface area contributed by atoms with Gasteiger partial charge in [-0.1, -0.05) is 30.3 Å². The lowest BCUT2D eigenvalue weighted by molar-refractivity contribution is -0.146. The first-order chi connectivity index (χ1) is 17.3. The van der Waals surface area contributed by atoms with Crippen molar-refractivity contribution in [2.45, 2.75) is 52.1 Å². The predicted molar refractivity (Wildman–Crippen MR) is 143 cm³/mol. The predicted octanol–water partition coefficient (Wildman–Crippen LogP) is 5.18. The topological polar surface area (TPSA) is 90.6 Å². The first kappa shape index (κ1) is 25.6. The zero-order valence-corrected chi connectivity index (χ0v) is 21.9. The van der Waals surface area contributed by atoms with E-state index in [4.69, 9.17) is 25.2 Å². The number of rotatable bonds is 7. The van der Waals surface area contributed by atoms with Crippen molar-refractivity contribution in [3.8, 4) is 28.3 Å². The number of anilines is 1. The zero-order chi connectivity index (χ0) is 25.8. The Kier molecular flexibility index (Phi) is 7.89. The summed E-state index contributed by atoms with van der Waals surface area (Å²) in [6.45, 7) is 4.78. The Morgan fingerprint density at radius 2 is 1.64 bits per heavy atom. The van der Waals surface area contributed by atoms with Crippen LogP contribution in [0.15, 0.2) is 42.6 Å². The number of benzene rings is 2. The van der Waals surface area contributed by atoms with E-state index in [-0.39, 0.29) is 11.9 Å². The van der Waals surface area contributed by atoms with Crippen molar-refractivity contribution in [2.75, 3.05) is 27.0 Å². The summed E-state index contributed by atoms with van der Waals surface area (Å²) in [5.41, 5.74) is 14.0. The zero-order valence-electron chi connectivity index (χ0n) is 21.9. The number of carbonyl (C=O) groups excluding carboxylic acids is 1. The van der Waals surface area contributed by atoms with Gasteiger partial charge in [-0.25, -0.2) is 4.98 Å². The number of hydrogen-bond donors (Lipinski definition) is 1. The minimum absolute atomic E-state index is 0.0170. The molecule has 2 N–H and O–H groups in total. The number of methoxy groups -OCH3 is 2. The van der Waals surface area contributed by atoms with Gasteiger partial charge in [0.25, 0.3) is 0 Å². The van der Waals surface area contributed by atoms with Crippen molar-refractivity contribution in [3.05, 3.63) is 59.4 Å². The van der Waals surface area contributed by atoms with Gasteiger partial charge in [-0.05, 0) is 74.9 Å². The van der Waals surface area contributed by atoms with Crippen LogP contribution in [0.3, 0.4) is 0 Å². The van der Waals surface area contributed by atoms with Gasteiger partial charge >= 0.3 is 5.97 Å². The average molecular weight is 489 g/mol. The third kappa shape index (κ3) is 5.21. The number of nitrogens with zero attached hydrogens (tertiary/aromatic N) is 3. The second-order valence-corrected chi connectivity index (χ2v) is 9.65. The molecule has 1 heterocycles. The van der Waals surface area contributed by atoms with Crippen LogP contribution in [-0.2, 0) is 16.1 Å². The standard InChI is InChI=1S/C29H36N4O3/c1-18-22(23-9-7-11-25(30)19(23)2)8-6-10-24(18)26-16-31-27(28(32-26)35-4)17-33(3)21-14-12-20(13-15-21)29(34)36-5/h6-11,16,20-21H,12-15,17,30H2,1-5H3. The van der Waals surface area contributed by atoms with Crippen LogP contribution in [-0.4, -0.2) is 48.1 Å². The van der Waals surface area contributed by atoms with Crippen LogP contribution in [0.4, 0.5) is 5.69 Å². The summed E-state index contributed by atoms with van der Waals surface area (Å²) in [7, 11) is 5.20. The van der Waals surface area contributed by atoms with Crippen LogP contribution in [0.5, 0.6) is 5.88 Å². The number of aromatic nitrogens is 2. The molecule has 0 saturated heterocycles. The van der Waals surface area contributed by atoms with Gasteiger partial charge in [0.2, 0.25) is 5.88 Å². The fourth-order valence-corrected chi connectivity index (χ4v) is 5.23. The van der Waals surface area contributed by atoms with E-state index in [1.54, 1.807) is 7.11 Å². The highest BCUT2D eigenvalue weighted by Crippen LogP contribution is 2.35. The van der Waals surface area contributed by atoms with Gasteiger partial charge in [0.05, 0.1) is 32.0 Å². The Morgan fingerprint density at radius 1 is 1.00 bits per heavy atom. The van der Waals surface area contributed by atoms with Gasteiger partial charge in [0, 0.05) is 23.8 Å². The number of hydrogen-bond acceptors (Lipinski definition) is 7. The van der Waals surface area contributed by atoms with E-state index in [0.717, 1.165) is 70.6 Å². The molecule has 1 aliphatic rings. The lowest BCUT2D eigenvalue weighted by Crippen LogP contribution is -2.36. The summed E-state index contributed by atoms with van der Waals surface area (Å²) in [5.74, 6) is 0.459. The molecule has 2 aromatic carbocycles. The van der Waals surface area contributed by atoms with Crippen molar-refractivity contribution in [1.29, 1.82) is 0 Å². The molecule has 0 amide bonds. The van der Waals surface area contributed by atoms with Crippen molar-refractivity contribution in [2.24, 2.45) is 5.92 Å². The van der Waals surface area contributed by atoms with Gasteiger partial charge in [0.1, 0.15) is 5.69 Å². The molecule has 3 aromatic rings. The molecule has 1 saturated carbocycles. The number of ether oxygens (including phenoxy) is 2. The summed E-state index contributed by atoms with van der Waals surface area (Å²) in [6.07, 6.45) is 5.45. The third-order valence-electron chi connectivity index (χ3n) is 7.53. The molecule has 1 aliphatic carbocycles. The van der Waals surface area contributed by atoms with E-state index in [9.17, 15) is 4.79 Å². The maximum atomic E-state index is 11.8. The molecule has 0 atom stereocenters. The van der Waals surface area contributed by atoms with Crippen LogP contribution in [0.25, 0.3) is 22.4 Å². The summed E-state index contributed by atoms with van der Waals surface area (Å²) in [6, 6.07) is 12.6. The van der Waals surface area contributed by atoms with Crippen LogP contribution >= 0.6 is 0 Å². The van der Waals surface area contributed by atoms with Crippen molar-refractivity contribution >= 4 is 11.7 Å². The third-order valence-corrected chi connectivity index (χ3v) is 7.53. The Bertz CT molecular complexity index is 1240. The summed E-state index contributed by atoms with van der Waals surface area (Å²) >= 11 is 0. The second kappa shape index (κ2) is 11.1. The van der Waals surface area contributed by atoms with Crippen LogP contribution in [0, 0.1) is 19.8 Å². The van der Waals surface area contributed by atoms with Crippen molar-refractivity contribution in [1.82, 2.24) is 14.9 Å². The largest absolute Gasteiger partial charge is 0.480 e. The van der Waals surface area contributed by atoms with Crippen molar-refractivity contribution < 1.29 is 14.3 Å². The Balaban J connectivity index is 1.55. The molecule has 0 radical (unpaired) electrons. The minimum atomic E-state index is -0.0931. The molecule has 0 aliphatic heterocycles. The molecule has 36 heavy (non-hydrogen) atoms. The van der Waals surface area contributed by atoms with Gasteiger partial charge in [-0.15, -0.1) is 0 Å². The normalized spacial score (nSPS) is 17.7. The highest BCUT2D eigenvalue weighted by molar-refractivity contribution is 5.80. The number of nitrogens with two attached hydrogens (primary N) is 1. The molecule has 190 valence electrons. The van der Waals surface area contributed by atoms with Crippen molar-refractivity contribution in [3.63, 3.8) is 0 Å². The maximum Gasteiger partial charge on any atom is 0.308 e. The SMILES string of the molecule is COC(=O)C1CCC(N(C)Cc2ncc(-c3cccc(-c4cccc(N)c4C)c3C)nc2OC)CC1. The Labute approximate surface area is 213 Å². The summed E-state index contributed by atoms with van der Waals surface area (Å²) < 4.78 is 10.6. The average Bonchev–Trinajstić information content (AvgIpc) is 2.90. The lowest BCUT2D eigenvalue weighted by Gasteiger charge is -2.33. The molecule has 0 bridgehead atoms. The summed E-state index contributed by atoms with van der Waals surface area (Å²) in [5, 5.41) is 0. The first-order valence-corrected chi connectivity index (χ1v) is 12.5. The maximum absolute atomic E-state index is 11.8. The molecule has 0 unspecified atom stereocenters. The molecular formula is C29H36N4O3. The quantitative estimate of drug-likeness (QED) is 0.362. The molecule has 0 spiro atoms. The molecule has 4 rings (SSSR count). The number of nitrogen functional groups attached to an aromatic ring is 1. The van der Waals surface area contributed by atoms with E-state index < -0.39 is 0 Å². The van der Waals surface area contributed by atoms with Crippen LogP contribution in [0.2, 0.25) is 0 Å². The first-order valence-electron chi connectivity index (χ1n) is 12.5. The van der Waals surface area contributed by atoms with E-state index in [1.807, 2.05) is 31.3 Å².